The summed E-state index contributed by atoms with van der Waals surface area (Å²) in [6.45, 7) is 7.50. The van der Waals surface area contributed by atoms with Crippen LogP contribution in [0.5, 0.6) is 0 Å². The lowest BCUT2D eigenvalue weighted by atomic mass is 9.95. The Hall–Kier alpha value is -2.66. The van der Waals surface area contributed by atoms with Gasteiger partial charge in [-0.15, -0.1) is 0 Å². The number of aromatic amines is 1. The Bertz CT molecular complexity index is 994. The predicted molar refractivity (Wildman–Crippen MR) is 110 cm³/mol. The summed E-state index contributed by atoms with van der Waals surface area (Å²) in [6.07, 6.45) is 4.89. The molecule has 1 fully saturated rings. The van der Waals surface area contributed by atoms with Crippen LogP contribution >= 0.6 is 0 Å². The van der Waals surface area contributed by atoms with E-state index in [1.807, 2.05) is 31.5 Å². The second-order valence-corrected chi connectivity index (χ2v) is 7.89. The summed E-state index contributed by atoms with van der Waals surface area (Å²) >= 11 is 0. The maximum Gasteiger partial charge on any atom is 0.224 e. The largest absolute Gasteiger partial charge is 0.379 e. The van der Waals surface area contributed by atoms with Crippen LogP contribution in [0, 0.1) is 26.7 Å². The molecule has 2 N–H and O–H groups in total. The van der Waals surface area contributed by atoms with Crippen LogP contribution in [0.2, 0.25) is 0 Å². The molecule has 5 nitrogen and oxygen atoms in total. The molecule has 1 amide bonds. The number of amides is 1. The number of H-pyrrole nitrogens is 1. The van der Waals surface area contributed by atoms with Crippen molar-refractivity contribution in [2.75, 3.05) is 13.2 Å². The van der Waals surface area contributed by atoms with Crippen molar-refractivity contribution in [3.05, 3.63) is 64.6 Å². The molecule has 0 bridgehead atoms. The van der Waals surface area contributed by atoms with Gasteiger partial charge in [-0.3, -0.25) is 9.78 Å². The van der Waals surface area contributed by atoms with E-state index in [9.17, 15) is 4.79 Å². The lowest BCUT2D eigenvalue weighted by Crippen LogP contribution is -2.41. The Morgan fingerprint density at radius 1 is 1.14 bits per heavy atom. The minimum Gasteiger partial charge on any atom is -0.379 e. The van der Waals surface area contributed by atoms with Crippen molar-refractivity contribution in [2.45, 2.75) is 39.7 Å². The number of benzene rings is 1. The molecule has 4 rings (SSSR count). The molecule has 146 valence electrons. The van der Waals surface area contributed by atoms with Gasteiger partial charge in [-0.2, -0.15) is 0 Å². The van der Waals surface area contributed by atoms with Gasteiger partial charge in [-0.25, -0.2) is 0 Å². The number of ether oxygens (including phenoxy) is 1. The highest BCUT2D eigenvalue weighted by atomic mass is 16.5. The van der Waals surface area contributed by atoms with Gasteiger partial charge < -0.3 is 15.0 Å². The second kappa shape index (κ2) is 7.76. The van der Waals surface area contributed by atoms with E-state index in [4.69, 9.17) is 4.74 Å². The highest BCUT2D eigenvalue weighted by molar-refractivity contribution is 5.93. The first-order valence-corrected chi connectivity index (χ1v) is 9.86. The van der Waals surface area contributed by atoms with Crippen molar-refractivity contribution >= 4 is 16.8 Å². The SMILES string of the molecule is Cc1[nH]c2c(C)ccc(C)c2c1CC(=O)N[C@H]1COC[C@H]1Cc1ccncc1. The average molecular weight is 377 g/mol. The number of rotatable bonds is 5. The van der Waals surface area contributed by atoms with E-state index in [2.05, 4.69) is 41.3 Å². The zero-order valence-corrected chi connectivity index (χ0v) is 16.7. The van der Waals surface area contributed by atoms with Crippen molar-refractivity contribution in [2.24, 2.45) is 5.92 Å². The first-order chi connectivity index (χ1) is 13.5. The molecule has 5 heteroatoms. The molecule has 2 atom stereocenters. The lowest BCUT2D eigenvalue weighted by molar-refractivity contribution is -0.121. The molecule has 0 spiro atoms. The number of nitrogens with zero attached hydrogens (tertiary/aromatic N) is 1. The minimum absolute atomic E-state index is 0.0500. The summed E-state index contributed by atoms with van der Waals surface area (Å²) < 4.78 is 5.67. The minimum atomic E-state index is 0.0500. The van der Waals surface area contributed by atoms with Crippen LogP contribution in [0.15, 0.2) is 36.7 Å². The number of hydrogen-bond acceptors (Lipinski definition) is 3. The Morgan fingerprint density at radius 2 is 1.89 bits per heavy atom. The molecular weight excluding hydrogens is 350 g/mol. The van der Waals surface area contributed by atoms with Gasteiger partial charge >= 0.3 is 0 Å². The van der Waals surface area contributed by atoms with Gasteiger partial charge in [0, 0.05) is 34.9 Å². The fourth-order valence-corrected chi connectivity index (χ4v) is 4.23. The van der Waals surface area contributed by atoms with Gasteiger partial charge in [0.1, 0.15) is 0 Å². The van der Waals surface area contributed by atoms with Crippen LogP contribution in [0.4, 0.5) is 0 Å². The quantitative estimate of drug-likeness (QED) is 0.716. The third kappa shape index (κ3) is 3.67. The van der Waals surface area contributed by atoms with Crippen LogP contribution in [-0.4, -0.2) is 35.1 Å². The first-order valence-electron chi connectivity index (χ1n) is 9.86. The van der Waals surface area contributed by atoms with E-state index < -0.39 is 0 Å². The summed E-state index contributed by atoms with van der Waals surface area (Å²) in [7, 11) is 0. The van der Waals surface area contributed by atoms with Crippen molar-refractivity contribution in [3.8, 4) is 0 Å². The predicted octanol–water partition coefficient (Wildman–Crippen LogP) is 3.40. The van der Waals surface area contributed by atoms with E-state index in [1.165, 1.54) is 22.1 Å². The van der Waals surface area contributed by atoms with E-state index in [0.717, 1.165) is 23.2 Å². The maximum absolute atomic E-state index is 12.9. The van der Waals surface area contributed by atoms with E-state index in [-0.39, 0.29) is 11.9 Å². The normalized spacial score (nSPS) is 19.2. The molecule has 0 radical (unpaired) electrons. The number of hydrogen-bond donors (Lipinski definition) is 2. The molecule has 3 heterocycles. The van der Waals surface area contributed by atoms with Crippen LogP contribution < -0.4 is 5.32 Å². The average Bonchev–Trinajstić information content (AvgIpc) is 3.24. The standard InChI is InChI=1S/C23H27N3O2/c1-14-4-5-15(2)23-22(14)19(16(3)25-23)11-21(27)26-20-13-28-12-18(20)10-17-6-8-24-9-7-17/h4-9,18,20,25H,10-13H2,1-3H3,(H,26,27)/t18-,20+/m1/s1. The summed E-state index contributed by atoms with van der Waals surface area (Å²) in [4.78, 5) is 20.4. The third-order valence-corrected chi connectivity index (χ3v) is 5.82. The van der Waals surface area contributed by atoms with E-state index in [1.54, 1.807) is 0 Å². The summed E-state index contributed by atoms with van der Waals surface area (Å²) in [5.41, 5.74) is 6.93. The number of fused-ring (bicyclic) bond motifs is 1. The fraction of sp³-hybridized carbons (Fsp3) is 0.391. The van der Waals surface area contributed by atoms with E-state index >= 15 is 0 Å². The molecule has 0 saturated carbocycles. The third-order valence-electron chi connectivity index (χ3n) is 5.82. The molecule has 28 heavy (non-hydrogen) atoms. The van der Waals surface area contributed by atoms with Crippen LogP contribution in [0.25, 0.3) is 10.9 Å². The summed E-state index contributed by atoms with van der Waals surface area (Å²) in [6, 6.07) is 8.35. The van der Waals surface area contributed by atoms with Crippen molar-refractivity contribution in [1.29, 1.82) is 0 Å². The molecule has 0 aliphatic carbocycles. The van der Waals surface area contributed by atoms with Gasteiger partial charge in [0.05, 0.1) is 25.7 Å². The molecule has 1 aromatic carbocycles. The number of aryl methyl sites for hydroxylation is 3. The van der Waals surface area contributed by atoms with Gasteiger partial charge in [-0.05, 0) is 61.6 Å². The number of aromatic nitrogens is 2. The van der Waals surface area contributed by atoms with Gasteiger partial charge in [0.2, 0.25) is 5.91 Å². The monoisotopic (exact) mass is 377 g/mol. The van der Waals surface area contributed by atoms with Gasteiger partial charge in [0.25, 0.3) is 0 Å². The topological polar surface area (TPSA) is 67.0 Å². The Labute approximate surface area is 165 Å². The maximum atomic E-state index is 12.9. The summed E-state index contributed by atoms with van der Waals surface area (Å²) in [5.74, 6) is 0.347. The molecule has 1 saturated heterocycles. The zero-order valence-electron chi connectivity index (χ0n) is 16.7. The molecule has 1 aliphatic rings. The van der Waals surface area contributed by atoms with Crippen molar-refractivity contribution < 1.29 is 9.53 Å². The molecule has 1 aliphatic heterocycles. The second-order valence-electron chi connectivity index (χ2n) is 7.89. The Morgan fingerprint density at radius 3 is 2.68 bits per heavy atom. The Kier molecular flexibility index (Phi) is 5.18. The zero-order chi connectivity index (χ0) is 19.7. The number of carbonyl (C=O) groups is 1. The number of pyridine rings is 1. The smallest absolute Gasteiger partial charge is 0.224 e. The van der Waals surface area contributed by atoms with E-state index in [0.29, 0.717) is 25.6 Å². The highest BCUT2D eigenvalue weighted by Crippen LogP contribution is 2.28. The van der Waals surface area contributed by atoms with Gasteiger partial charge in [0.15, 0.2) is 0 Å². The molecule has 3 aromatic rings. The summed E-state index contributed by atoms with van der Waals surface area (Å²) in [5, 5.41) is 4.40. The molecule has 2 aromatic heterocycles. The number of carbonyl (C=O) groups excluding carboxylic acids is 1. The van der Waals surface area contributed by atoms with Crippen LogP contribution in [0.3, 0.4) is 0 Å². The lowest BCUT2D eigenvalue weighted by Gasteiger charge is -2.19. The van der Waals surface area contributed by atoms with Gasteiger partial charge in [-0.1, -0.05) is 12.1 Å². The van der Waals surface area contributed by atoms with Crippen molar-refractivity contribution in [3.63, 3.8) is 0 Å². The first kappa shape index (κ1) is 18.7. The Balaban J connectivity index is 1.48. The fourth-order valence-electron chi connectivity index (χ4n) is 4.23. The van der Waals surface area contributed by atoms with Crippen LogP contribution in [-0.2, 0) is 22.4 Å². The van der Waals surface area contributed by atoms with Crippen LogP contribution in [0.1, 0.15) is 27.9 Å². The highest BCUT2D eigenvalue weighted by Gasteiger charge is 2.30. The number of nitrogens with one attached hydrogen (secondary N) is 2. The molecule has 0 unspecified atom stereocenters. The molecular formula is C23H27N3O2. The van der Waals surface area contributed by atoms with Crippen molar-refractivity contribution in [1.82, 2.24) is 15.3 Å².